The number of nitriles is 1. The summed E-state index contributed by atoms with van der Waals surface area (Å²) in [5.74, 6) is 0. The SMILES string of the molecule is CC(C)(C#N)c1ccc(C(F)(F)F)cc1[N+](=O)[O-]. The van der Waals surface area contributed by atoms with Crippen molar-refractivity contribution in [2.24, 2.45) is 0 Å². The third-order valence-corrected chi connectivity index (χ3v) is 2.47. The summed E-state index contributed by atoms with van der Waals surface area (Å²) in [6.07, 6.45) is -4.65. The van der Waals surface area contributed by atoms with Gasteiger partial charge in [-0.25, -0.2) is 0 Å². The smallest absolute Gasteiger partial charge is 0.258 e. The number of alkyl halides is 3. The molecule has 0 N–H and O–H groups in total. The first-order valence-corrected chi connectivity index (χ1v) is 4.87. The molecular formula is C11H9F3N2O2. The molecule has 96 valence electrons. The van der Waals surface area contributed by atoms with Crippen LogP contribution in [-0.2, 0) is 11.6 Å². The lowest BCUT2D eigenvalue weighted by Gasteiger charge is -2.17. The summed E-state index contributed by atoms with van der Waals surface area (Å²) < 4.78 is 37.4. The molecule has 1 aromatic carbocycles. The molecule has 0 aromatic heterocycles. The van der Waals surface area contributed by atoms with Gasteiger partial charge in [0.15, 0.2) is 0 Å². The molecule has 7 heteroatoms. The highest BCUT2D eigenvalue weighted by Gasteiger charge is 2.35. The Balaban J connectivity index is 3.50. The highest BCUT2D eigenvalue weighted by molar-refractivity contribution is 5.50. The van der Waals surface area contributed by atoms with Crippen molar-refractivity contribution in [1.82, 2.24) is 0 Å². The summed E-state index contributed by atoms with van der Waals surface area (Å²) in [5, 5.41) is 19.7. The predicted molar refractivity (Wildman–Crippen MR) is 56.7 cm³/mol. The first-order chi connectivity index (χ1) is 8.09. The summed E-state index contributed by atoms with van der Waals surface area (Å²) in [6, 6.07) is 3.99. The van der Waals surface area contributed by atoms with Crippen LogP contribution in [0.25, 0.3) is 0 Å². The average molecular weight is 258 g/mol. The number of nitro benzene ring substituents is 1. The Bertz CT molecular complexity index is 530. The van der Waals surface area contributed by atoms with E-state index < -0.39 is 27.8 Å². The zero-order chi connectivity index (χ0) is 14.1. The number of nitro groups is 1. The molecule has 0 atom stereocenters. The molecule has 18 heavy (non-hydrogen) atoms. The number of hydrogen-bond acceptors (Lipinski definition) is 3. The lowest BCUT2D eigenvalue weighted by Crippen LogP contribution is -2.17. The van der Waals surface area contributed by atoms with Gasteiger partial charge < -0.3 is 0 Å². The number of hydrogen-bond donors (Lipinski definition) is 0. The number of nitrogens with zero attached hydrogens (tertiary/aromatic N) is 2. The quantitative estimate of drug-likeness (QED) is 0.603. The van der Waals surface area contributed by atoms with E-state index in [1.54, 1.807) is 0 Å². The normalized spacial score (nSPS) is 12.0. The van der Waals surface area contributed by atoms with Crippen molar-refractivity contribution in [3.63, 3.8) is 0 Å². The first-order valence-electron chi connectivity index (χ1n) is 4.87. The molecule has 0 heterocycles. The minimum absolute atomic E-state index is 0.0389. The van der Waals surface area contributed by atoms with E-state index in [9.17, 15) is 23.3 Å². The zero-order valence-corrected chi connectivity index (χ0v) is 9.58. The lowest BCUT2D eigenvalue weighted by molar-refractivity contribution is -0.386. The fourth-order valence-electron chi connectivity index (χ4n) is 1.45. The molecule has 0 aliphatic rings. The van der Waals surface area contributed by atoms with Crippen LogP contribution in [0.4, 0.5) is 18.9 Å². The first kappa shape index (κ1) is 14.0. The lowest BCUT2D eigenvalue weighted by atomic mass is 9.84. The van der Waals surface area contributed by atoms with Gasteiger partial charge in [-0.2, -0.15) is 18.4 Å². The van der Waals surface area contributed by atoms with Crippen LogP contribution in [0, 0.1) is 21.4 Å². The fraction of sp³-hybridized carbons (Fsp3) is 0.364. The maximum atomic E-state index is 12.5. The second-order valence-electron chi connectivity index (χ2n) is 4.22. The van der Waals surface area contributed by atoms with Crippen LogP contribution in [0.2, 0.25) is 0 Å². The van der Waals surface area contributed by atoms with E-state index >= 15 is 0 Å². The molecule has 0 fully saturated rings. The van der Waals surface area contributed by atoms with E-state index in [-0.39, 0.29) is 5.56 Å². The average Bonchev–Trinajstić information content (AvgIpc) is 2.27. The van der Waals surface area contributed by atoms with Gasteiger partial charge in [0, 0.05) is 11.6 Å². The molecular weight excluding hydrogens is 249 g/mol. The Hall–Kier alpha value is -2.10. The Kier molecular flexibility index (Phi) is 3.33. The summed E-state index contributed by atoms with van der Waals surface area (Å²) in [5.41, 5.74) is -3.07. The highest BCUT2D eigenvalue weighted by atomic mass is 19.4. The van der Waals surface area contributed by atoms with Crippen molar-refractivity contribution in [1.29, 1.82) is 5.26 Å². The van der Waals surface area contributed by atoms with Crippen LogP contribution in [0.15, 0.2) is 18.2 Å². The van der Waals surface area contributed by atoms with Gasteiger partial charge in [-0.1, -0.05) is 0 Å². The van der Waals surface area contributed by atoms with E-state index in [1.807, 2.05) is 6.07 Å². The molecule has 0 unspecified atom stereocenters. The van der Waals surface area contributed by atoms with Gasteiger partial charge >= 0.3 is 6.18 Å². The Morgan fingerprint density at radius 3 is 2.28 bits per heavy atom. The van der Waals surface area contributed by atoms with Crippen molar-refractivity contribution >= 4 is 5.69 Å². The summed E-state index contributed by atoms with van der Waals surface area (Å²) in [7, 11) is 0. The largest absolute Gasteiger partial charge is 0.416 e. The molecule has 0 aliphatic heterocycles. The summed E-state index contributed by atoms with van der Waals surface area (Å²) >= 11 is 0. The van der Waals surface area contributed by atoms with Gasteiger partial charge in [0.1, 0.15) is 0 Å². The Labute approximate surface area is 101 Å². The maximum Gasteiger partial charge on any atom is 0.416 e. The number of rotatable bonds is 2. The van der Waals surface area contributed by atoms with Gasteiger partial charge in [0.25, 0.3) is 5.69 Å². The second kappa shape index (κ2) is 4.29. The summed E-state index contributed by atoms with van der Waals surface area (Å²) in [6.45, 7) is 2.81. The minimum atomic E-state index is -4.65. The van der Waals surface area contributed by atoms with Crippen LogP contribution >= 0.6 is 0 Å². The van der Waals surface area contributed by atoms with Crippen molar-refractivity contribution in [2.45, 2.75) is 25.4 Å². The van der Waals surface area contributed by atoms with Crippen LogP contribution < -0.4 is 0 Å². The van der Waals surface area contributed by atoms with Gasteiger partial charge in [-0.3, -0.25) is 10.1 Å². The second-order valence-corrected chi connectivity index (χ2v) is 4.22. The topological polar surface area (TPSA) is 66.9 Å². The van der Waals surface area contributed by atoms with Crippen molar-refractivity contribution in [3.05, 3.63) is 39.4 Å². The van der Waals surface area contributed by atoms with Crippen LogP contribution in [0.5, 0.6) is 0 Å². The van der Waals surface area contributed by atoms with Gasteiger partial charge in [-0.05, 0) is 26.0 Å². The van der Waals surface area contributed by atoms with Crippen LogP contribution in [-0.4, -0.2) is 4.92 Å². The number of halogens is 3. The van der Waals surface area contributed by atoms with E-state index in [0.29, 0.717) is 6.07 Å². The van der Waals surface area contributed by atoms with E-state index in [0.717, 1.165) is 12.1 Å². The predicted octanol–water partition coefficient (Wildman–Crippen LogP) is 3.41. The molecule has 0 saturated carbocycles. The third-order valence-electron chi connectivity index (χ3n) is 2.47. The molecule has 0 aliphatic carbocycles. The Morgan fingerprint density at radius 1 is 1.33 bits per heavy atom. The van der Waals surface area contributed by atoms with Crippen molar-refractivity contribution in [2.75, 3.05) is 0 Å². The third kappa shape index (κ3) is 2.59. The minimum Gasteiger partial charge on any atom is -0.258 e. The van der Waals surface area contributed by atoms with Crippen LogP contribution in [0.1, 0.15) is 25.0 Å². The molecule has 0 bridgehead atoms. The van der Waals surface area contributed by atoms with Gasteiger partial charge in [-0.15, -0.1) is 0 Å². The molecule has 0 radical (unpaired) electrons. The number of benzene rings is 1. The zero-order valence-electron chi connectivity index (χ0n) is 9.58. The van der Waals surface area contributed by atoms with Crippen LogP contribution in [0.3, 0.4) is 0 Å². The summed E-state index contributed by atoms with van der Waals surface area (Å²) in [4.78, 5) is 9.88. The molecule has 1 rings (SSSR count). The molecule has 0 amide bonds. The molecule has 4 nitrogen and oxygen atoms in total. The van der Waals surface area contributed by atoms with Gasteiger partial charge in [0.05, 0.1) is 22.0 Å². The Morgan fingerprint density at radius 2 is 1.89 bits per heavy atom. The molecule has 0 spiro atoms. The highest BCUT2D eigenvalue weighted by Crippen LogP contribution is 2.37. The monoisotopic (exact) mass is 258 g/mol. The maximum absolute atomic E-state index is 12.5. The molecule has 1 aromatic rings. The fourth-order valence-corrected chi connectivity index (χ4v) is 1.45. The standard InChI is InChI=1S/C11H9F3N2O2/c1-10(2,6-15)8-4-3-7(11(12,13)14)5-9(8)16(17)18/h3-5H,1-2H3. The van der Waals surface area contributed by atoms with Crippen molar-refractivity contribution in [3.8, 4) is 6.07 Å². The van der Waals surface area contributed by atoms with E-state index in [1.165, 1.54) is 13.8 Å². The van der Waals surface area contributed by atoms with Crippen molar-refractivity contribution < 1.29 is 18.1 Å². The van der Waals surface area contributed by atoms with E-state index in [4.69, 9.17) is 5.26 Å². The van der Waals surface area contributed by atoms with E-state index in [2.05, 4.69) is 0 Å². The molecule has 0 saturated heterocycles. The van der Waals surface area contributed by atoms with Gasteiger partial charge in [0.2, 0.25) is 0 Å².